The summed E-state index contributed by atoms with van der Waals surface area (Å²) in [5, 5.41) is 0.711. The highest BCUT2D eigenvalue weighted by Crippen LogP contribution is 2.24. The molecule has 0 spiro atoms. The van der Waals surface area contributed by atoms with Crippen LogP contribution < -0.4 is 10.5 Å². The van der Waals surface area contributed by atoms with E-state index in [0.29, 0.717) is 5.39 Å². The Balaban J connectivity index is 1.13. The van der Waals surface area contributed by atoms with Crippen molar-refractivity contribution in [1.29, 1.82) is 0 Å². The van der Waals surface area contributed by atoms with E-state index in [9.17, 15) is 4.79 Å². The second-order valence-electron chi connectivity index (χ2n) is 8.93. The second-order valence-corrected chi connectivity index (χ2v) is 8.93. The van der Waals surface area contributed by atoms with Crippen molar-refractivity contribution in [3.63, 3.8) is 0 Å². The Morgan fingerprint density at radius 3 is 2.41 bits per heavy atom. The number of aromatic nitrogens is 3. The first-order valence-corrected chi connectivity index (χ1v) is 12.2. The van der Waals surface area contributed by atoms with Gasteiger partial charge in [0, 0.05) is 37.6 Å². The number of piperidine rings is 1. The topological polar surface area (TPSA) is 54.3 Å². The lowest BCUT2D eigenvalue weighted by Gasteiger charge is -2.33. The van der Waals surface area contributed by atoms with Crippen LogP contribution in [0.1, 0.15) is 31.7 Å². The Labute approximate surface area is 200 Å². The highest BCUT2D eigenvalue weighted by Gasteiger charge is 2.22. The van der Waals surface area contributed by atoms with Crippen molar-refractivity contribution in [1.82, 2.24) is 19.4 Å². The van der Waals surface area contributed by atoms with E-state index in [0.717, 1.165) is 63.2 Å². The molecule has 1 aliphatic rings. The molecule has 0 N–H and O–H groups in total. The van der Waals surface area contributed by atoms with E-state index >= 15 is 0 Å². The van der Waals surface area contributed by atoms with Crippen LogP contribution in [0.25, 0.3) is 10.9 Å². The Kier molecular flexibility index (Phi) is 6.96. The van der Waals surface area contributed by atoms with Crippen LogP contribution in [-0.2, 0) is 0 Å². The maximum atomic E-state index is 12.9. The molecule has 0 radical (unpaired) electrons. The van der Waals surface area contributed by atoms with E-state index < -0.39 is 0 Å². The number of para-hydroxylation sites is 2. The van der Waals surface area contributed by atoms with Gasteiger partial charge in [0.15, 0.2) is 0 Å². The third-order valence-corrected chi connectivity index (χ3v) is 6.74. The number of hydrogen-bond donors (Lipinski definition) is 0. The maximum Gasteiger partial charge on any atom is 0.261 e. The summed E-state index contributed by atoms with van der Waals surface area (Å²) < 4.78 is 1.85. The molecule has 1 fully saturated rings. The van der Waals surface area contributed by atoms with Crippen molar-refractivity contribution in [2.45, 2.75) is 31.7 Å². The molecule has 2 aromatic carbocycles. The first-order valence-electron chi connectivity index (χ1n) is 12.2. The first kappa shape index (κ1) is 22.3. The van der Waals surface area contributed by atoms with Gasteiger partial charge in [0.2, 0.25) is 0 Å². The van der Waals surface area contributed by atoms with Gasteiger partial charge >= 0.3 is 0 Å². The summed E-state index contributed by atoms with van der Waals surface area (Å²) in [5.41, 5.74) is 2.03. The van der Waals surface area contributed by atoms with Gasteiger partial charge in [0.05, 0.1) is 17.2 Å². The zero-order chi connectivity index (χ0) is 23.2. The zero-order valence-electron chi connectivity index (χ0n) is 19.5. The molecule has 0 bridgehead atoms. The molecule has 0 unspecified atom stereocenters. The van der Waals surface area contributed by atoms with Gasteiger partial charge in [0.1, 0.15) is 5.82 Å². The van der Waals surface area contributed by atoms with Crippen LogP contribution in [-0.4, -0.2) is 45.6 Å². The molecular weight excluding hydrogens is 422 g/mol. The summed E-state index contributed by atoms with van der Waals surface area (Å²) in [6, 6.07) is 24.4. The summed E-state index contributed by atoms with van der Waals surface area (Å²) in [7, 11) is 0. The van der Waals surface area contributed by atoms with Crippen molar-refractivity contribution < 1.29 is 0 Å². The molecule has 6 heteroatoms. The molecule has 0 amide bonds. The fraction of sp³-hybridized carbons (Fsp3) is 0.321. The van der Waals surface area contributed by atoms with Crippen molar-refractivity contribution in [2.24, 2.45) is 0 Å². The Hall–Kier alpha value is -3.51. The minimum Gasteiger partial charge on any atom is -0.326 e. The van der Waals surface area contributed by atoms with Gasteiger partial charge in [-0.05, 0) is 68.6 Å². The van der Waals surface area contributed by atoms with E-state index in [2.05, 4.69) is 50.1 Å². The molecule has 174 valence electrons. The Morgan fingerprint density at radius 1 is 0.853 bits per heavy atom. The van der Waals surface area contributed by atoms with Gasteiger partial charge in [-0.25, -0.2) is 9.97 Å². The quantitative estimate of drug-likeness (QED) is 0.350. The summed E-state index contributed by atoms with van der Waals surface area (Å²) in [6.45, 7) is 4.07. The van der Waals surface area contributed by atoms with Crippen molar-refractivity contribution >= 4 is 22.4 Å². The lowest BCUT2D eigenvalue weighted by Crippen LogP contribution is -2.38. The fourth-order valence-electron chi connectivity index (χ4n) is 4.87. The number of pyridine rings is 1. The molecular formula is C28H31N5O. The molecule has 5 rings (SSSR count). The summed E-state index contributed by atoms with van der Waals surface area (Å²) >= 11 is 0. The van der Waals surface area contributed by atoms with Gasteiger partial charge in [-0.3, -0.25) is 9.36 Å². The normalized spacial score (nSPS) is 14.9. The van der Waals surface area contributed by atoms with Gasteiger partial charge in [-0.2, -0.15) is 0 Å². The number of likely N-dealkylation sites (tertiary alicyclic amines) is 1. The van der Waals surface area contributed by atoms with Gasteiger partial charge in [-0.15, -0.1) is 0 Å². The Bertz CT molecular complexity index is 1210. The molecule has 2 aromatic heterocycles. The number of nitrogens with zero attached hydrogens (tertiary/aromatic N) is 5. The van der Waals surface area contributed by atoms with Crippen LogP contribution in [0, 0.1) is 0 Å². The van der Waals surface area contributed by atoms with Crippen LogP contribution >= 0.6 is 0 Å². The molecule has 6 nitrogen and oxygen atoms in total. The lowest BCUT2D eigenvalue weighted by molar-refractivity contribution is 0.182. The van der Waals surface area contributed by atoms with Gasteiger partial charge in [0.25, 0.3) is 5.56 Å². The molecule has 0 atom stereocenters. The SMILES string of the molecule is O=c1c2ccccc2ncn1C1CCN(CCCCN(c2ccccc2)c2ccccn2)CC1. The largest absolute Gasteiger partial charge is 0.326 e. The lowest BCUT2D eigenvalue weighted by atomic mass is 10.0. The second kappa shape index (κ2) is 10.6. The summed E-state index contributed by atoms with van der Waals surface area (Å²) in [6.07, 6.45) is 7.80. The molecule has 1 saturated heterocycles. The highest BCUT2D eigenvalue weighted by atomic mass is 16.1. The maximum absolute atomic E-state index is 12.9. The first-order chi connectivity index (χ1) is 16.8. The highest BCUT2D eigenvalue weighted by molar-refractivity contribution is 5.76. The third-order valence-electron chi connectivity index (χ3n) is 6.74. The average Bonchev–Trinajstić information content (AvgIpc) is 2.91. The standard InChI is InChI=1S/C28H31N5O/c34-28-25-12-4-5-13-26(25)30-22-33(28)24-15-20-31(21-16-24)18-8-9-19-32(23-10-2-1-3-11-23)27-14-6-7-17-29-27/h1-7,10-14,17,22,24H,8-9,15-16,18-21H2. The minimum absolute atomic E-state index is 0.0829. The molecule has 1 aliphatic heterocycles. The number of fused-ring (bicyclic) bond motifs is 1. The van der Waals surface area contributed by atoms with Crippen LogP contribution in [0.3, 0.4) is 0 Å². The predicted octanol–water partition coefficient (Wildman–Crippen LogP) is 5.05. The van der Waals surface area contributed by atoms with E-state index in [-0.39, 0.29) is 11.6 Å². The monoisotopic (exact) mass is 453 g/mol. The van der Waals surface area contributed by atoms with Crippen LogP contribution in [0.4, 0.5) is 11.5 Å². The van der Waals surface area contributed by atoms with Crippen LogP contribution in [0.5, 0.6) is 0 Å². The van der Waals surface area contributed by atoms with Crippen molar-refractivity contribution in [3.05, 3.63) is 95.7 Å². The third kappa shape index (κ3) is 5.02. The number of hydrogen-bond acceptors (Lipinski definition) is 5. The summed E-state index contributed by atoms with van der Waals surface area (Å²) in [5.74, 6) is 0.990. The van der Waals surface area contributed by atoms with Gasteiger partial charge in [-0.1, -0.05) is 36.4 Å². The predicted molar refractivity (Wildman–Crippen MR) is 138 cm³/mol. The van der Waals surface area contributed by atoms with E-state index in [4.69, 9.17) is 0 Å². The van der Waals surface area contributed by atoms with Gasteiger partial charge < -0.3 is 9.80 Å². The number of benzene rings is 2. The smallest absolute Gasteiger partial charge is 0.261 e. The van der Waals surface area contributed by atoms with Crippen LogP contribution in [0.15, 0.2) is 90.1 Å². The van der Waals surface area contributed by atoms with E-state index in [1.807, 2.05) is 53.2 Å². The fourth-order valence-corrected chi connectivity index (χ4v) is 4.87. The zero-order valence-corrected chi connectivity index (χ0v) is 19.5. The number of unbranched alkanes of at least 4 members (excludes halogenated alkanes) is 1. The minimum atomic E-state index is 0.0829. The molecule has 0 saturated carbocycles. The molecule has 0 aliphatic carbocycles. The summed E-state index contributed by atoms with van der Waals surface area (Å²) in [4.78, 5) is 26.8. The van der Waals surface area contributed by atoms with Crippen molar-refractivity contribution in [3.8, 4) is 0 Å². The number of anilines is 2. The number of rotatable bonds is 8. The van der Waals surface area contributed by atoms with Crippen LogP contribution in [0.2, 0.25) is 0 Å². The molecule has 34 heavy (non-hydrogen) atoms. The van der Waals surface area contributed by atoms with E-state index in [1.165, 1.54) is 5.69 Å². The molecule has 4 aromatic rings. The average molecular weight is 454 g/mol. The Morgan fingerprint density at radius 2 is 1.62 bits per heavy atom. The van der Waals surface area contributed by atoms with E-state index in [1.54, 1.807) is 6.33 Å². The molecule has 3 heterocycles. The van der Waals surface area contributed by atoms with Crippen molar-refractivity contribution in [2.75, 3.05) is 31.1 Å².